The zero-order valence-electron chi connectivity index (χ0n) is 25.5. The highest BCUT2D eigenvalue weighted by molar-refractivity contribution is 6.05. The van der Waals surface area contributed by atoms with E-state index in [0.29, 0.717) is 12.0 Å². The lowest BCUT2D eigenvalue weighted by atomic mass is 9.54. The van der Waals surface area contributed by atoms with E-state index in [1.807, 2.05) is 26.0 Å². The largest absolute Gasteiger partial charge is 0.393 e. The minimum atomic E-state index is -2.22. The van der Waals surface area contributed by atoms with Gasteiger partial charge in [-0.1, -0.05) is 83.3 Å². The van der Waals surface area contributed by atoms with Gasteiger partial charge < -0.3 is 34.3 Å². The van der Waals surface area contributed by atoms with Gasteiger partial charge in [0.2, 0.25) is 0 Å². The molecule has 3 N–H and O–H groups in total. The van der Waals surface area contributed by atoms with E-state index in [9.17, 15) is 20.1 Å². The van der Waals surface area contributed by atoms with Crippen molar-refractivity contribution in [3.63, 3.8) is 0 Å². The zero-order valence-corrected chi connectivity index (χ0v) is 25.5. The van der Waals surface area contributed by atoms with Gasteiger partial charge in [-0.25, -0.2) is 0 Å². The Bertz CT molecular complexity index is 1210. The molecule has 3 aliphatic heterocycles. The van der Waals surface area contributed by atoms with Gasteiger partial charge in [0.25, 0.3) is 0 Å². The summed E-state index contributed by atoms with van der Waals surface area (Å²) in [5.41, 5.74) is -4.66. The fourth-order valence-electron chi connectivity index (χ4n) is 8.98. The van der Waals surface area contributed by atoms with Crippen LogP contribution in [0.5, 0.6) is 0 Å². The first-order valence-corrected chi connectivity index (χ1v) is 16.0. The average molecular weight is 585 g/mol. The highest BCUT2D eigenvalue weighted by Crippen LogP contribution is 2.72. The quantitative estimate of drug-likeness (QED) is 0.134. The Hall–Kier alpha value is -1.65. The second kappa shape index (κ2) is 10.5. The number of aliphatic hydroxyl groups is 3. The number of rotatable bonds is 12. The molecule has 5 fully saturated rings. The second-order valence-corrected chi connectivity index (χ2v) is 13.7. The minimum absolute atomic E-state index is 0.236. The van der Waals surface area contributed by atoms with Crippen molar-refractivity contribution >= 4 is 5.78 Å². The van der Waals surface area contributed by atoms with Crippen molar-refractivity contribution in [3.05, 3.63) is 48.1 Å². The average Bonchev–Trinajstić information content (AvgIpc) is 3.60. The van der Waals surface area contributed by atoms with Crippen LogP contribution in [0, 0.1) is 17.8 Å². The Morgan fingerprint density at radius 1 is 1.10 bits per heavy atom. The number of hydrogen-bond donors (Lipinski definition) is 3. The third-order valence-corrected chi connectivity index (χ3v) is 11.2. The van der Waals surface area contributed by atoms with Crippen molar-refractivity contribution in [1.29, 1.82) is 0 Å². The number of carbonyl (C=O) groups excluding carboxylic acids is 1. The summed E-state index contributed by atoms with van der Waals surface area (Å²) in [4.78, 5) is 13.5. The van der Waals surface area contributed by atoms with Gasteiger partial charge in [0, 0.05) is 17.9 Å². The number of ketones is 1. The normalized spacial score (nSPS) is 48.4. The van der Waals surface area contributed by atoms with Crippen molar-refractivity contribution in [3.8, 4) is 0 Å². The zero-order chi connectivity index (χ0) is 30.1. The maximum atomic E-state index is 13.5. The summed E-state index contributed by atoms with van der Waals surface area (Å²) in [6, 6.07) is 0. The summed E-state index contributed by atoms with van der Waals surface area (Å²) in [7, 11) is 0. The number of fused-ring (bicyclic) bond motifs is 3. The molecular formula is C34H48O8. The standard InChI is InChI=1S/C34H48O8/c1-6-7-8-9-10-11-12-13-14-15-16-17-32-40-27-25-28-31(20-35,39-28)29(37)33(38)24(18-22(4)26(33)36)34(25,42-32)23(5)19-30(27,41-32)21(2)3/h14-18,23-25,27-29,35,37-38H,2,6-13,19-20H2,1,3-5H3/t23-,24-,25+,27+,28-,29-,30+,31-,32+,33+,34-/m0/s1. The number of allylic oxidation sites excluding steroid dienone is 3. The van der Waals surface area contributed by atoms with Crippen molar-refractivity contribution in [1.82, 2.24) is 0 Å². The number of ether oxygens (including phenoxy) is 4. The molecular weight excluding hydrogens is 536 g/mol. The van der Waals surface area contributed by atoms with E-state index >= 15 is 0 Å². The number of unbranched alkanes of at least 4 members (excludes halogenated alkanes) is 7. The van der Waals surface area contributed by atoms with Crippen molar-refractivity contribution in [2.24, 2.45) is 17.8 Å². The van der Waals surface area contributed by atoms with E-state index < -0.39 is 70.9 Å². The van der Waals surface area contributed by atoms with Crippen molar-refractivity contribution in [2.75, 3.05) is 6.61 Å². The number of hydrogen-bond acceptors (Lipinski definition) is 8. The molecule has 0 radical (unpaired) electrons. The topological polar surface area (TPSA) is 118 Å². The van der Waals surface area contributed by atoms with E-state index in [1.165, 1.54) is 38.5 Å². The van der Waals surface area contributed by atoms with Gasteiger partial charge in [0.05, 0.1) is 12.2 Å². The number of epoxide rings is 1. The summed E-state index contributed by atoms with van der Waals surface area (Å²) in [5, 5.41) is 34.2. The molecule has 232 valence electrons. The van der Waals surface area contributed by atoms with E-state index in [2.05, 4.69) is 19.6 Å². The Labute approximate surface area is 249 Å². The van der Waals surface area contributed by atoms with Gasteiger partial charge in [-0.3, -0.25) is 4.79 Å². The van der Waals surface area contributed by atoms with Crippen molar-refractivity contribution in [2.45, 2.75) is 132 Å². The van der Waals surface area contributed by atoms with E-state index in [4.69, 9.17) is 18.9 Å². The van der Waals surface area contributed by atoms with Crippen LogP contribution in [0.3, 0.4) is 0 Å². The molecule has 0 amide bonds. The van der Waals surface area contributed by atoms with Gasteiger partial charge in [-0.2, -0.15) is 0 Å². The summed E-state index contributed by atoms with van der Waals surface area (Å²) in [6.45, 7) is 11.6. The number of aliphatic hydroxyl groups excluding tert-OH is 2. The highest BCUT2D eigenvalue weighted by Gasteiger charge is 2.88. The Kier molecular flexibility index (Phi) is 7.57. The molecule has 0 aromatic rings. The highest BCUT2D eigenvalue weighted by atomic mass is 16.9. The van der Waals surface area contributed by atoms with E-state index in [0.717, 1.165) is 18.4 Å². The predicted octanol–water partition coefficient (Wildman–Crippen LogP) is 4.43. The molecule has 11 atom stereocenters. The van der Waals surface area contributed by atoms with Crippen LogP contribution in [0.15, 0.2) is 48.1 Å². The van der Waals surface area contributed by atoms with E-state index in [-0.39, 0.29) is 5.92 Å². The molecule has 0 spiro atoms. The number of Topliss-reactive ketones (excluding diaryl/α,β-unsaturated/α-hetero) is 1. The van der Waals surface area contributed by atoms with Crippen LogP contribution >= 0.6 is 0 Å². The Morgan fingerprint density at radius 2 is 1.81 bits per heavy atom. The maximum absolute atomic E-state index is 13.5. The molecule has 8 heteroatoms. The molecule has 3 heterocycles. The Morgan fingerprint density at radius 3 is 2.50 bits per heavy atom. The van der Waals surface area contributed by atoms with Gasteiger partial charge in [0.1, 0.15) is 29.5 Å². The van der Waals surface area contributed by atoms with Crippen LogP contribution in [0.2, 0.25) is 0 Å². The summed E-state index contributed by atoms with van der Waals surface area (Å²) >= 11 is 0. The molecule has 3 saturated heterocycles. The van der Waals surface area contributed by atoms with Gasteiger partial charge in [-0.15, -0.1) is 0 Å². The molecule has 6 rings (SSSR count). The second-order valence-electron chi connectivity index (χ2n) is 13.7. The summed E-state index contributed by atoms with van der Waals surface area (Å²) in [5.74, 6) is -3.80. The fourth-order valence-corrected chi connectivity index (χ4v) is 8.98. The Balaban J connectivity index is 1.31. The molecule has 2 saturated carbocycles. The van der Waals surface area contributed by atoms with Gasteiger partial charge >= 0.3 is 5.97 Å². The lowest BCUT2D eigenvalue weighted by Crippen LogP contribution is -2.72. The summed E-state index contributed by atoms with van der Waals surface area (Å²) in [6.07, 6.45) is 16.9. The monoisotopic (exact) mass is 584 g/mol. The lowest BCUT2D eigenvalue weighted by molar-refractivity contribution is -0.406. The van der Waals surface area contributed by atoms with Crippen LogP contribution in [-0.2, 0) is 23.7 Å². The molecule has 8 nitrogen and oxygen atoms in total. The molecule has 0 aromatic heterocycles. The van der Waals surface area contributed by atoms with Crippen LogP contribution in [0.1, 0.15) is 85.5 Å². The number of carbonyl (C=O) groups is 1. The first-order valence-electron chi connectivity index (χ1n) is 16.0. The van der Waals surface area contributed by atoms with Crippen LogP contribution in [-0.4, -0.2) is 74.4 Å². The first kappa shape index (κ1) is 30.4. The molecule has 0 unspecified atom stereocenters. The van der Waals surface area contributed by atoms with Gasteiger partial charge in [-0.05, 0) is 50.2 Å². The lowest BCUT2D eigenvalue weighted by Gasteiger charge is -2.59. The third-order valence-electron chi connectivity index (χ3n) is 11.2. The maximum Gasteiger partial charge on any atom is 0.306 e. The van der Waals surface area contributed by atoms with Gasteiger partial charge in [0.15, 0.2) is 11.4 Å². The van der Waals surface area contributed by atoms with Crippen LogP contribution in [0.25, 0.3) is 0 Å². The molecule has 3 bridgehead atoms. The summed E-state index contributed by atoms with van der Waals surface area (Å²) < 4.78 is 26.5. The third kappa shape index (κ3) is 3.95. The molecule has 3 aliphatic carbocycles. The van der Waals surface area contributed by atoms with E-state index in [1.54, 1.807) is 19.1 Å². The smallest absolute Gasteiger partial charge is 0.306 e. The van der Waals surface area contributed by atoms with Crippen LogP contribution < -0.4 is 0 Å². The molecule has 6 aliphatic rings. The molecule has 0 aromatic carbocycles. The van der Waals surface area contributed by atoms with Crippen LogP contribution in [0.4, 0.5) is 0 Å². The molecule has 42 heavy (non-hydrogen) atoms. The first-order chi connectivity index (χ1) is 20.0. The fraction of sp³-hybridized carbons (Fsp3) is 0.735. The van der Waals surface area contributed by atoms with Crippen molar-refractivity contribution < 1.29 is 39.1 Å². The predicted molar refractivity (Wildman–Crippen MR) is 156 cm³/mol. The SMILES string of the molecule is C=C(C)[C@]12C[C@H](C)[C@@]34O[C@](C=CC=CCCCCCCCCC)(O[C@@H]1[C@@H]3[C@@H]1O[C@]1(CO)[C@H](O)[C@]1(O)C(=O)C(C)=C[C@@H]14)O2. The minimum Gasteiger partial charge on any atom is -0.393 e.